The maximum Gasteiger partial charge on any atom is 0.438 e. The zero-order valence-electron chi connectivity index (χ0n) is 28.3. The standard InChI is InChI=1S/C38H51F4N3O3/c1-22(4-15-34(46)45-35(39)38(40,41)42)29-13-14-30-28-21-33(48-26-11-7-24(44)8-12-26)32-20-27(47-25-9-5-23(43)6-10-25)16-18-37(32,3)31(28)17-19-36(29,30)2/h5-12,22,27-33,35H,4,13-21,43-44H2,1-3H3,(H,45,46)/t22-,27?,28+,29-,30+,31+,32?,33?,35?,36-,37-/m1/s1. The SMILES string of the molecule is C[C@H](CCC(=O)NC(F)C(F)(F)F)[C@H]1CC[C@H]2[C@@H]3CC(Oc4ccc(N)cc4)C4CC(Oc5ccc(N)cc5)CC[C@]4(C)[C@H]3CC[C@]12C. The summed E-state index contributed by atoms with van der Waals surface area (Å²) in [6, 6.07) is 15.3. The Hall–Kier alpha value is -3.17. The van der Waals surface area contributed by atoms with Gasteiger partial charge in [0.1, 0.15) is 17.6 Å². The average Bonchev–Trinajstić information content (AvgIpc) is 3.39. The second kappa shape index (κ2) is 13.3. The van der Waals surface area contributed by atoms with Gasteiger partial charge in [-0.25, -0.2) is 4.39 Å². The van der Waals surface area contributed by atoms with Crippen molar-refractivity contribution in [3.8, 4) is 11.5 Å². The number of nitrogens with two attached hydrogens (primary N) is 2. The van der Waals surface area contributed by atoms with Crippen molar-refractivity contribution in [2.75, 3.05) is 11.5 Å². The van der Waals surface area contributed by atoms with Crippen LogP contribution in [-0.2, 0) is 4.79 Å². The van der Waals surface area contributed by atoms with Crippen LogP contribution in [0.25, 0.3) is 0 Å². The summed E-state index contributed by atoms with van der Waals surface area (Å²) in [5.41, 5.74) is 13.5. The third-order valence-corrected chi connectivity index (χ3v) is 13.1. The van der Waals surface area contributed by atoms with E-state index in [-0.39, 0.29) is 35.4 Å². The Bertz CT molecular complexity index is 1420. The summed E-state index contributed by atoms with van der Waals surface area (Å²) in [6.45, 7) is 7.01. The van der Waals surface area contributed by atoms with Gasteiger partial charge in [0.25, 0.3) is 6.30 Å². The molecule has 48 heavy (non-hydrogen) atoms. The van der Waals surface area contributed by atoms with Gasteiger partial charge in [-0.05, 0) is 147 Å². The Balaban J connectivity index is 1.19. The summed E-state index contributed by atoms with van der Waals surface area (Å²) in [4.78, 5) is 12.2. The second-order valence-corrected chi connectivity index (χ2v) is 15.7. The predicted octanol–water partition coefficient (Wildman–Crippen LogP) is 8.71. The van der Waals surface area contributed by atoms with E-state index in [1.165, 1.54) is 5.32 Å². The molecular formula is C38H51F4N3O3. The van der Waals surface area contributed by atoms with Gasteiger partial charge in [0.2, 0.25) is 5.91 Å². The van der Waals surface area contributed by atoms with Gasteiger partial charge in [-0.2, -0.15) is 13.2 Å². The molecule has 5 N–H and O–H groups in total. The van der Waals surface area contributed by atoms with E-state index in [0.29, 0.717) is 47.4 Å². The molecule has 4 aliphatic carbocycles. The van der Waals surface area contributed by atoms with Crippen molar-refractivity contribution < 1.29 is 31.8 Å². The molecular weight excluding hydrogens is 622 g/mol. The van der Waals surface area contributed by atoms with E-state index in [1.807, 2.05) is 48.5 Å². The van der Waals surface area contributed by atoms with Gasteiger partial charge in [0.15, 0.2) is 0 Å². The van der Waals surface area contributed by atoms with Crippen molar-refractivity contribution in [2.24, 2.45) is 46.3 Å². The molecule has 0 saturated heterocycles. The normalized spacial score (nSPS) is 35.8. The van der Waals surface area contributed by atoms with Crippen LogP contribution in [0.3, 0.4) is 0 Å². The van der Waals surface area contributed by atoms with Gasteiger partial charge >= 0.3 is 6.18 Å². The Morgan fingerprint density at radius 1 is 0.854 bits per heavy atom. The quantitative estimate of drug-likeness (QED) is 0.141. The first-order valence-electron chi connectivity index (χ1n) is 17.7. The number of nitrogen functional groups attached to an aromatic ring is 2. The number of ether oxygens (including phenoxy) is 2. The smallest absolute Gasteiger partial charge is 0.438 e. The highest BCUT2D eigenvalue weighted by Crippen LogP contribution is 2.68. The Morgan fingerprint density at radius 2 is 1.44 bits per heavy atom. The van der Waals surface area contributed by atoms with Crippen LogP contribution < -0.4 is 26.3 Å². The molecule has 0 aliphatic heterocycles. The molecule has 0 spiro atoms. The van der Waals surface area contributed by atoms with E-state index >= 15 is 0 Å². The van der Waals surface area contributed by atoms with Gasteiger partial charge < -0.3 is 26.3 Å². The summed E-state index contributed by atoms with van der Waals surface area (Å²) in [6.07, 6.45) is 0.273. The first-order valence-corrected chi connectivity index (χ1v) is 17.7. The third-order valence-electron chi connectivity index (χ3n) is 13.1. The average molecular weight is 674 g/mol. The minimum Gasteiger partial charge on any atom is -0.490 e. The first-order chi connectivity index (χ1) is 22.7. The summed E-state index contributed by atoms with van der Waals surface area (Å²) in [5, 5.41) is 1.48. The van der Waals surface area contributed by atoms with Crippen LogP contribution >= 0.6 is 0 Å². The molecule has 10 heteroatoms. The molecule has 1 amide bonds. The van der Waals surface area contributed by atoms with Gasteiger partial charge in [-0.15, -0.1) is 0 Å². The minimum absolute atomic E-state index is 0.0162. The number of alkyl halides is 4. The number of carbonyl (C=O) groups excluding carboxylic acids is 1. The molecule has 6 rings (SSSR count). The fourth-order valence-corrected chi connectivity index (χ4v) is 10.8. The molecule has 0 bridgehead atoms. The number of hydrogen-bond donors (Lipinski definition) is 3. The number of halogens is 4. The van der Waals surface area contributed by atoms with Crippen molar-refractivity contribution in [1.82, 2.24) is 5.32 Å². The first kappa shape index (κ1) is 34.7. The highest BCUT2D eigenvalue weighted by molar-refractivity contribution is 5.76. The van der Waals surface area contributed by atoms with Crippen LogP contribution in [0.5, 0.6) is 11.5 Å². The van der Waals surface area contributed by atoms with Crippen LogP contribution in [0.4, 0.5) is 28.9 Å². The molecule has 0 heterocycles. The lowest BCUT2D eigenvalue weighted by Crippen LogP contribution is -2.59. The van der Waals surface area contributed by atoms with Crippen LogP contribution in [0.15, 0.2) is 48.5 Å². The summed E-state index contributed by atoms with van der Waals surface area (Å²) >= 11 is 0. The van der Waals surface area contributed by atoms with Gasteiger partial charge in [0, 0.05) is 23.7 Å². The van der Waals surface area contributed by atoms with Crippen molar-refractivity contribution in [3.63, 3.8) is 0 Å². The summed E-state index contributed by atoms with van der Waals surface area (Å²) in [7, 11) is 0. The predicted molar refractivity (Wildman–Crippen MR) is 179 cm³/mol. The Labute approximate surface area is 281 Å². The zero-order chi connectivity index (χ0) is 34.4. The number of anilines is 2. The van der Waals surface area contributed by atoms with Gasteiger partial charge in [-0.1, -0.05) is 20.8 Å². The number of nitrogens with one attached hydrogen (secondary N) is 1. The van der Waals surface area contributed by atoms with Crippen LogP contribution in [0.1, 0.15) is 85.0 Å². The maximum atomic E-state index is 13.4. The van der Waals surface area contributed by atoms with Crippen molar-refractivity contribution in [1.29, 1.82) is 0 Å². The lowest BCUT2D eigenvalue weighted by atomic mass is 9.43. The maximum absolute atomic E-state index is 13.4. The van der Waals surface area contributed by atoms with E-state index < -0.39 is 18.4 Å². The Kier molecular flexibility index (Phi) is 9.59. The molecule has 11 atom stereocenters. The fourth-order valence-electron chi connectivity index (χ4n) is 10.8. The van der Waals surface area contributed by atoms with E-state index in [0.717, 1.165) is 62.9 Å². The van der Waals surface area contributed by atoms with Crippen LogP contribution in [0.2, 0.25) is 0 Å². The van der Waals surface area contributed by atoms with Crippen LogP contribution in [0, 0.1) is 46.3 Å². The van der Waals surface area contributed by atoms with Crippen molar-refractivity contribution in [3.05, 3.63) is 48.5 Å². The van der Waals surface area contributed by atoms with E-state index in [2.05, 4.69) is 20.8 Å². The van der Waals surface area contributed by atoms with E-state index in [4.69, 9.17) is 20.9 Å². The molecule has 4 saturated carbocycles. The number of rotatable bonds is 9. The highest BCUT2D eigenvalue weighted by atomic mass is 19.4. The van der Waals surface area contributed by atoms with Crippen molar-refractivity contribution in [2.45, 2.75) is 110 Å². The molecule has 4 aliphatic rings. The van der Waals surface area contributed by atoms with E-state index in [9.17, 15) is 22.4 Å². The number of fused-ring (bicyclic) bond motifs is 5. The lowest BCUT2D eigenvalue weighted by molar-refractivity contribution is -0.191. The third kappa shape index (κ3) is 6.82. The number of hydrogen-bond acceptors (Lipinski definition) is 5. The van der Waals surface area contributed by atoms with Gasteiger partial charge in [-0.3, -0.25) is 4.79 Å². The molecule has 0 aromatic heterocycles. The number of amides is 1. The fraction of sp³-hybridized carbons (Fsp3) is 0.658. The molecule has 2 aromatic carbocycles. The highest BCUT2D eigenvalue weighted by Gasteiger charge is 2.63. The molecule has 4 unspecified atom stereocenters. The topological polar surface area (TPSA) is 99.6 Å². The minimum atomic E-state index is -5.10. The molecule has 264 valence electrons. The molecule has 4 fully saturated rings. The molecule has 2 aromatic rings. The summed E-state index contributed by atoms with van der Waals surface area (Å²) < 4.78 is 64.7. The lowest BCUT2D eigenvalue weighted by Gasteiger charge is -2.63. The number of carbonyl (C=O) groups is 1. The van der Waals surface area contributed by atoms with Crippen LogP contribution in [-0.4, -0.2) is 30.6 Å². The molecule has 6 nitrogen and oxygen atoms in total. The monoisotopic (exact) mass is 673 g/mol. The second-order valence-electron chi connectivity index (χ2n) is 15.7. The van der Waals surface area contributed by atoms with Gasteiger partial charge in [0.05, 0.1) is 6.10 Å². The van der Waals surface area contributed by atoms with E-state index in [1.54, 1.807) is 0 Å². The summed E-state index contributed by atoms with van der Waals surface area (Å²) in [5.74, 6) is 3.13. The Morgan fingerprint density at radius 3 is 2.06 bits per heavy atom. The molecule has 0 radical (unpaired) electrons. The van der Waals surface area contributed by atoms with Crippen molar-refractivity contribution >= 4 is 17.3 Å². The number of benzene rings is 2. The zero-order valence-corrected chi connectivity index (χ0v) is 28.3. The largest absolute Gasteiger partial charge is 0.490 e.